The topological polar surface area (TPSA) is 49.4 Å². The molecule has 1 aliphatic rings. The Bertz CT molecular complexity index is 1120. The monoisotopic (exact) mass is 474 g/mol. The second-order valence-electron chi connectivity index (χ2n) is 7.02. The first-order chi connectivity index (χ1) is 14.9. The molecular formula is C23H17Cl2FN2O2S. The van der Waals surface area contributed by atoms with Crippen LogP contribution in [0.1, 0.15) is 26.9 Å². The summed E-state index contributed by atoms with van der Waals surface area (Å²) in [6.07, 6.45) is 0. The molecule has 1 heterocycles. The highest BCUT2D eigenvalue weighted by molar-refractivity contribution is 8.00. The molecule has 2 amide bonds. The summed E-state index contributed by atoms with van der Waals surface area (Å²) in [5.74, 6) is -0.399. The molecule has 0 saturated carbocycles. The number of rotatable bonds is 5. The van der Waals surface area contributed by atoms with Gasteiger partial charge in [-0.05, 0) is 53.6 Å². The number of amides is 2. The Morgan fingerprint density at radius 2 is 1.77 bits per heavy atom. The van der Waals surface area contributed by atoms with E-state index >= 15 is 0 Å². The zero-order valence-electron chi connectivity index (χ0n) is 16.1. The minimum atomic E-state index is -0.546. The van der Waals surface area contributed by atoms with Crippen LogP contribution in [0.2, 0.25) is 10.0 Å². The van der Waals surface area contributed by atoms with E-state index in [1.54, 1.807) is 36.0 Å². The zero-order chi connectivity index (χ0) is 22.0. The first-order valence-corrected chi connectivity index (χ1v) is 11.2. The van der Waals surface area contributed by atoms with Crippen molar-refractivity contribution in [3.8, 4) is 0 Å². The highest BCUT2D eigenvalue weighted by atomic mass is 35.5. The van der Waals surface area contributed by atoms with E-state index in [4.69, 9.17) is 23.2 Å². The van der Waals surface area contributed by atoms with Gasteiger partial charge in [-0.1, -0.05) is 47.5 Å². The zero-order valence-corrected chi connectivity index (χ0v) is 18.5. The van der Waals surface area contributed by atoms with Gasteiger partial charge in [0.25, 0.3) is 5.91 Å². The van der Waals surface area contributed by atoms with Crippen molar-refractivity contribution in [3.05, 3.63) is 99.3 Å². The Hall–Kier alpha value is -2.54. The van der Waals surface area contributed by atoms with Gasteiger partial charge in [-0.2, -0.15) is 0 Å². The second-order valence-corrected chi connectivity index (χ2v) is 8.93. The van der Waals surface area contributed by atoms with Crippen LogP contribution in [0.4, 0.5) is 10.1 Å². The SMILES string of the molecule is O=C(Nc1ccc(F)c(Cl)c1)c1ccc([C@@H]2SCC(=O)N2Cc2ccc(Cl)cc2)cc1. The van der Waals surface area contributed by atoms with Gasteiger partial charge in [0.2, 0.25) is 5.91 Å². The fourth-order valence-electron chi connectivity index (χ4n) is 3.26. The number of anilines is 1. The lowest BCUT2D eigenvalue weighted by Crippen LogP contribution is -2.27. The number of hydrogen-bond donors (Lipinski definition) is 1. The maximum absolute atomic E-state index is 13.3. The van der Waals surface area contributed by atoms with Crippen LogP contribution < -0.4 is 5.32 Å². The van der Waals surface area contributed by atoms with Crippen LogP contribution in [0.5, 0.6) is 0 Å². The summed E-state index contributed by atoms with van der Waals surface area (Å²) in [4.78, 5) is 26.8. The lowest BCUT2D eigenvalue weighted by atomic mass is 10.1. The van der Waals surface area contributed by atoms with Crippen molar-refractivity contribution in [2.45, 2.75) is 11.9 Å². The molecule has 1 aliphatic heterocycles. The minimum absolute atomic E-state index is 0.0585. The molecule has 31 heavy (non-hydrogen) atoms. The molecule has 4 nitrogen and oxygen atoms in total. The lowest BCUT2D eigenvalue weighted by molar-refractivity contribution is -0.128. The van der Waals surface area contributed by atoms with E-state index in [-0.39, 0.29) is 22.2 Å². The number of nitrogens with zero attached hydrogens (tertiary/aromatic N) is 1. The van der Waals surface area contributed by atoms with E-state index in [2.05, 4.69) is 5.32 Å². The molecule has 3 aromatic rings. The summed E-state index contributed by atoms with van der Waals surface area (Å²) in [6.45, 7) is 0.487. The van der Waals surface area contributed by atoms with Gasteiger partial charge in [0.05, 0.1) is 10.8 Å². The fourth-order valence-corrected chi connectivity index (χ4v) is 4.76. The lowest BCUT2D eigenvalue weighted by Gasteiger charge is -2.24. The molecule has 0 unspecified atom stereocenters. The average molecular weight is 475 g/mol. The summed E-state index contributed by atoms with van der Waals surface area (Å²) in [5.41, 5.74) is 2.79. The summed E-state index contributed by atoms with van der Waals surface area (Å²) < 4.78 is 13.3. The predicted octanol–water partition coefficient (Wildman–Crippen LogP) is 6.16. The van der Waals surface area contributed by atoms with Crippen molar-refractivity contribution >= 4 is 52.5 Å². The minimum Gasteiger partial charge on any atom is -0.322 e. The van der Waals surface area contributed by atoms with Crippen LogP contribution in [0.15, 0.2) is 66.7 Å². The highest BCUT2D eigenvalue weighted by Gasteiger charge is 2.32. The van der Waals surface area contributed by atoms with Crippen LogP contribution in [-0.4, -0.2) is 22.5 Å². The molecule has 8 heteroatoms. The van der Waals surface area contributed by atoms with Crippen LogP contribution in [-0.2, 0) is 11.3 Å². The Labute approximate surface area is 193 Å². The number of hydrogen-bond acceptors (Lipinski definition) is 3. The molecule has 0 spiro atoms. The maximum Gasteiger partial charge on any atom is 0.255 e. The van der Waals surface area contributed by atoms with E-state index in [1.165, 1.54) is 18.2 Å². The number of carbonyl (C=O) groups excluding carboxylic acids is 2. The fraction of sp³-hybridized carbons (Fsp3) is 0.130. The molecule has 0 radical (unpaired) electrons. The summed E-state index contributed by atoms with van der Waals surface area (Å²) >= 11 is 13.3. The van der Waals surface area contributed by atoms with Crippen molar-refractivity contribution in [2.75, 3.05) is 11.1 Å². The molecule has 1 fully saturated rings. The van der Waals surface area contributed by atoms with Gasteiger partial charge in [-0.3, -0.25) is 9.59 Å². The second kappa shape index (κ2) is 9.30. The smallest absolute Gasteiger partial charge is 0.255 e. The summed E-state index contributed by atoms with van der Waals surface area (Å²) in [6, 6.07) is 18.5. The van der Waals surface area contributed by atoms with Crippen molar-refractivity contribution in [3.63, 3.8) is 0 Å². The highest BCUT2D eigenvalue weighted by Crippen LogP contribution is 2.39. The third-order valence-corrected chi connectivity index (χ3v) is 6.67. The van der Waals surface area contributed by atoms with E-state index in [9.17, 15) is 14.0 Å². The third kappa shape index (κ3) is 5.03. The Kier molecular flexibility index (Phi) is 6.51. The molecule has 0 aliphatic carbocycles. The molecule has 1 N–H and O–H groups in total. The first-order valence-electron chi connectivity index (χ1n) is 9.42. The van der Waals surface area contributed by atoms with Crippen molar-refractivity contribution < 1.29 is 14.0 Å². The van der Waals surface area contributed by atoms with Crippen molar-refractivity contribution in [1.82, 2.24) is 4.90 Å². The molecule has 1 atom stereocenters. The van der Waals surface area contributed by atoms with E-state index in [0.717, 1.165) is 11.1 Å². The number of thioether (sulfide) groups is 1. The third-order valence-electron chi connectivity index (χ3n) is 4.87. The molecular weight excluding hydrogens is 458 g/mol. The van der Waals surface area contributed by atoms with Gasteiger partial charge >= 0.3 is 0 Å². The molecule has 158 valence electrons. The van der Waals surface area contributed by atoms with Gasteiger partial charge in [-0.15, -0.1) is 11.8 Å². The number of nitrogens with one attached hydrogen (secondary N) is 1. The van der Waals surface area contributed by atoms with Gasteiger partial charge in [0.1, 0.15) is 11.2 Å². The van der Waals surface area contributed by atoms with Crippen molar-refractivity contribution in [2.24, 2.45) is 0 Å². The average Bonchev–Trinajstić information content (AvgIpc) is 3.12. The Balaban J connectivity index is 1.47. The standard InChI is InChI=1S/C23H17Cl2FN2O2S/c24-17-7-1-14(2-8-17)12-28-21(29)13-31-23(28)16-5-3-15(4-6-16)22(30)27-18-9-10-20(26)19(25)11-18/h1-11,23H,12-13H2,(H,27,30)/t23-/m0/s1. The number of halogens is 3. The first kappa shape index (κ1) is 21.7. The van der Waals surface area contributed by atoms with E-state index in [0.29, 0.717) is 28.6 Å². The largest absolute Gasteiger partial charge is 0.322 e. The normalized spacial score (nSPS) is 15.9. The summed E-state index contributed by atoms with van der Waals surface area (Å²) in [7, 11) is 0. The van der Waals surface area contributed by atoms with Crippen LogP contribution >= 0.6 is 35.0 Å². The predicted molar refractivity (Wildman–Crippen MR) is 123 cm³/mol. The van der Waals surface area contributed by atoms with Crippen molar-refractivity contribution in [1.29, 1.82) is 0 Å². The van der Waals surface area contributed by atoms with E-state index in [1.807, 2.05) is 29.2 Å². The molecule has 0 bridgehead atoms. The molecule has 1 saturated heterocycles. The van der Waals surface area contributed by atoms with Crippen LogP contribution in [0.3, 0.4) is 0 Å². The summed E-state index contributed by atoms with van der Waals surface area (Å²) in [5, 5.41) is 3.16. The van der Waals surface area contributed by atoms with Crippen LogP contribution in [0, 0.1) is 5.82 Å². The van der Waals surface area contributed by atoms with Gasteiger partial charge in [0, 0.05) is 22.8 Å². The Morgan fingerprint density at radius 1 is 1.06 bits per heavy atom. The van der Waals surface area contributed by atoms with Gasteiger partial charge in [-0.25, -0.2) is 4.39 Å². The van der Waals surface area contributed by atoms with Crippen LogP contribution in [0.25, 0.3) is 0 Å². The van der Waals surface area contributed by atoms with Gasteiger partial charge in [0.15, 0.2) is 0 Å². The number of carbonyl (C=O) groups is 2. The maximum atomic E-state index is 13.3. The number of benzene rings is 3. The van der Waals surface area contributed by atoms with E-state index < -0.39 is 5.82 Å². The van der Waals surface area contributed by atoms with Gasteiger partial charge < -0.3 is 10.2 Å². The Morgan fingerprint density at radius 3 is 2.45 bits per heavy atom. The molecule has 3 aromatic carbocycles. The molecule has 0 aromatic heterocycles. The quantitative estimate of drug-likeness (QED) is 0.481. The molecule has 4 rings (SSSR count).